The number of hydrogen-bond donors (Lipinski definition) is 1. The molecule has 3 heteroatoms. The Bertz CT molecular complexity index is 712. The van der Waals surface area contributed by atoms with Crippen LogP contribution >= 0.6 is 0 Å². The van der Waals surface area contributed by atoms with Crippen molar-refractivity contribution in [2.24, 2.45) is 0 Å². The molecule has 0 fully saturated rings. The Morgan fingerprint density at radius 2 is 2.05 bits per heavy atom. The summed E-state index contributed by atoms with van der Waals surface area (Å²) >= 11 is 0. The van der Waals surface area contributed by atoms with Gasteiger partial charge in [0.25, 0.3) is 0 Å². The average Bonchev–Trinajstić information content (AvgIpc) is 2.90. The fourth-order valence-electron chi connectivity index (χ4n) is 2.59. The summed E-state index contributed by atoms with van der Waals surface area (Å²) in [5, 5.41) is 4.65. The quantitative estimate of drug-likeness (QED) is 0.779. The molecule has 0 bridgehead atoms. The molecule has 0 amide bonds. The summed E-state index contributed by atoms with van der Waals surface area (Å²) in [6.07, 6.45) is 3.58. The Kier molecular flexibility index (Phi) is 3.52. The lowest BCUT2D eigenvalue weighted by Gasteiger charge is -2.18. The second-order valence-electron chi connectivity index (χ2n) is 4.88. The highest BCUT2D eigenvalue weighted by atomic mass is 16.3. The smallest absolute Gasteiger partial charge is 0.128 e. The SMILES string of the molecule is CCNC(c1occc1C)c1cccc2cccnc12. The number of pyridine rings is 1. The number of rotatable bonds is 4. The molecule has 1 unspecified atom stereocenters. The van der Waals surface area contributed by atoms with Gasteiger partial charge in [0, 0.05) is 17.1 Å². The highest BCUT2D eigenvalue weighted by Gasteiger charge is 2.20. The molecule has 3 nitrogen and oxygen atoms in total. The van der Waals surface area contributed by atoms with Crippen molar-refractivity contribution in [3.63, 3.8) is 0 Å². The van der Waals surface area contributed by atoms with Crippen LogP contribution < -0.4 is 5.32 Å². The highest BCUT2D eigenvalue weighted by Crippen LogP contribution is 2.29. The molecule has 102 valence electrons. The molecule has 0 saturated heterocycles. The lowest BCUT2D eigenvalue weighted by atomic mass is 9.99. The zero-order valence-electron chi connectivity index (χ0n) is 11.8. The van der Waals surface area contributed by atoms with E-state index in [2.05, 4.69) is 48.4 Å². The molecule has 0 aliphatic carbocycles. The van der Waals surface area contributed by atoms with Crippen molar-refractivity contribution in [3.05, 3.63) is 65.7 Å². The number of benzene rings is 1. The van der Waals surface area contributed by atoms with E-state index in [0.717, 1.165) is 34.3 Å². The molecule has 0 aliphatic heterocycles. The van der Waals surface area contributed by atoms with Gasteiger partial charge in [-0.3, -0.25) is 4.98 Å². The van der Waals surface area contributed by atoms with E-state index in [1.807, 2.05) is 18.3 Å². The van der Waals surface area contributed by atoms with Crippen LogP contribution in [0, 0.1) is 6.92 Å². The Balaban J connectivity index is 2.17. The van der Waals surface area contributed by atoms with Crippen LogP contribution in [0.3, 0.4) is 0 Å². The second-order valence-corrected chi connectivity index (χ2v) is 4.88. The molecule has 0 spiro atoms. The van der Waals surface area contributed by atoms with E-state index in [1.54, 1.807) is 6.26 Å². The first-order chi connectivity index (χ1) is 9.81. The van der Waals surface area contributed by atoms with Gasteiger partial charge >= 0.3 is 0 Å². The molecule has 0 radical (unpaired) electrons. The summed E-state index contributed by atoms with van der Waals surface area (Å²) in [7, 11) is 0. The summed E-state index contributed by atoms with van der Waals surface area (Å²) in [5.41, 5.74) is 3.34. The molecule has 3 rings (SSSR count). The molecular weight excluding hydrogens is 248 g/mol. The van der Waals surface area contributed by atoms with Gasteiger partial charge in [0.1, 0.15) is 5.76 Å². The highest BCUT2D eigenvalue weighted by molar-refractivity contribution is 5.82. The van der Waals surface area contributed by atoms with Gasteiger partial charge in [-0.2, -0.15) is 0 Å². The lowest BCUT2D eigenvalue weighted by molar-refractivity contribution is 0.450. The van der Waals surface area contributed by atoms with E-state index >= 15 is 0 Å². The van der Waals surface area contributed by atoms with Gasteiger partial charge in [-0.15, -0.1) is 0 Å². The Morgan fingerprint density at radius 1 is 1.20 bits per heavy atom. The molecular formula is C17H18N2O. The largest absolute Gasteiger partial charge is 0.467 e. The summed E-state index contributed by atoms with van der Waals surface area (Å²) in [5.74, 6) is 0.963. The summed E-state index contributed by atoms with van der Waals surface area (Å²) in [6.45, 7) is 5.04. The molecule has 2 heterocycles. The predicted molar refractivity (Wildman–Crippen MR) is 80.7 cm³/mol. The summed E-state index contributed by atoms with van der Waals surface area (Å²) in [6, 6.07) is 12.4. The number of nitrogens with one attached hydrogen (secondary N) is 1. The number of aryl methyl sites for hydroxylation is 1. The van der Waals surface area contributed by atoms with Crippen LogP contribution in [0.25, 0.3) is 10.9 Å². The number of aromatic nitrogens is 1. The van der Waals surface area contributed by atoms with Gasteiger partial charge in [-0.25, -0.2) is 0 Å². The normalized spacial score (nSPS) is 12.7. The van der Waals surface area contributed by atoms with Gasteiger partial charge in [0.2, 0.25) is 0 Å². The van der Waals surface area contributed by atoms with E-state index in [4.69, 9.17) is 4.42 Å². The van der Waals surface area contributed by atoms with Crippen molar-refractivity contribution in [2.45, 2.75) is 19.9 Å². The Morgan fingerprint density at radius 3 is 2.80 bits per heavy atom. The first kappa shape index (κ1) is 12.9. The van der Waals surface area contributed by atoms with Gasteiger partial charge in [-0.05, 0) is 31.2 Å². The van der Waals surface area contributed by atoms with Crippen LogP contribution in [0.1, 0.15) is 29.9 Å². The first-order valence-electron chi connectivity index (χ1n) is 6.92. The summed E-state index contributed by atoms with van der Waals surface area (Å²) in [4.78, 5) is 4.54. The van der Waals surface area contributed by atoms with Crippen molar-refractivity contribution in [1.82, 2.24) is 10.3 Å². The van der Waals surface area contributed by atoms with E-state index in [0.29, 0.717) is 0 Å². The van der Waals surface area contributed by atoms with Gasteiger partial charge in [0.05, 0.1) is 17.8 Å². The molecule has 2 aromatic heterocycles. The molecule has 1 atom stereocenters. The minimum Gasteiger partial charge on any atom is -0.467 e. The van der Waals surface area contributed by atoms with Crippen LogP contribution in [0.2, 0.25) is 0 Å². The molecule has 3 aromatic rings. The maximum atomic E-state index is 5.69. The molecule has 1 aromatic carbocycles. The average molecular weight is 266 g/mol. The van der Waals surface area contributed by atoms with Crippen molar-refractivity contribution < 1.29 is 4.42 Å². The minimum absolute atomic E-state index is 0.0357. The first-order valence-corrected chi connectivity index (χ1v) is 6.92. The molecule has 0 aliphatic rings. The molecule has 1 N–H and O–H groups in total. The summed E-state index contributed by atoms with van der Waals surface area (Å²) < 4.78 is 5.69. The van der Waals surface area contributed by atoms with Crippen molar-refractivity contribution in [1.29, 1.82) is 0 Å². The predicted octanol–water partition coefficient (Wildman–Crippen LogP) is 3.84. The number of para-hydroxylation sites is 1. The van der Waals surface area contributed by atoms with Gasteiger partial charge in [0.15, 0.2) is 0 Å². The minimum atomic E-state index is 0.0357. The third-order valence-corrected chi connectivity index (χ3v) is 3.55. The van der Waals surface area contributed by atoms with Crippen molar-refractivity contribution >= 4 is 10.9 Å². The Hall–Kier alpha value is -2.13. The van der Waals surface area contributed by atoms with Crippen molar-refractivity contribution in [3.8, 4) is 0 Å². The van der Waals surface area contributed by atoms with Crippen LogP contribution in [-0.2, 0) is 0 Å². The van der Waals surface area contributed by atoms with Gasteiger partial charge in [-0.1, -0.05) is 31.2 Å². The molecule has 0 saturated carbocycles. The topological polar surface area (TPSA) is 38.1 Å². The molecule has 20 heavy (non-hydrogen) atoms. The maximum Gasteiger partial charge on any atom is 0.128 e. The third kappa shape index (κ3) is 2.21. The Labute approximate surface area is 118 Å². The van der Waals surface area contributed by atoms with E-state index < -0.39 is 0 Å². The number of fused-ring (bicyclic) bond motifs is 1. The van der Waals surface area contributed by atoms with Crippen LogP contribution in [0.4, 0.5) is 0 Å². The van der Waals surface area contributed by atoms with Crippen LogP contribution in [0.5, 0.6) is 0 Å². The monoisotopic (exact) mass is 266 g/mol. The van der Waals surface area contributed by atoms with Gasteiger partial charge < -0.3 is 9.73 Å². The zero-order valence-corrected chi connectivity index (χ0v) is 11.8. The zero-order chi connectivity index (χ0) is 13.9. The van der Waals surface area contributed by atoms with Crippen molar-refractivity contribution in [2.75, 3.05) is 6.54 Å². The van der Waals surface area contributed by atoms with Crippen LogP contribution in [-0.4, -0.2) is 11.5 Å². The van der Waals surface area contributed by atoms with Crippen LogP contribution in [0.15, 0.2) is 53.3 Å². The number of nitrogens with zero attached hydrogens (tertiary/aromatic N) is 1. The third-order valence-electron chi connectivity index (χ3n) is 3.55. The number of furan rings is 1. The van der Waals surface area contributed by atoms with E-state index in [9.17, 15) is 0 Å². The second kappa shape index (κ2) is 5.47. The maximum absolute atomic E-state index is 5.69. The fourth-order valence-corrected chi connectivity index (χ4v) is 2.59. The number of hydrogen-bond acceptors (Lipinski definition) is 3. The van der Waals surface area contributed by atoms with E-state index in [1.165, 1.54) is 0 Å². The fraction of sp³-hybridized carbons (Fsp3) is 0.235. The van der Waals surface area contributed by atoms with E-state index in [-0.39, 0.29) is 6.04 Å². The lowest BCUT2D eigenvalue weighted by Crippen LogP contribution is -2.22. The standard InChI is InChI=1S/C17H18N2O/c1-3-18-16(17-12(2)9-11-20-17)14-8-4-6-13-7-5-10-19-15(13)14/h4-11,16,18H,3H2,1-2H3.